The molecule has 0 heterocycles. The quantitative estimate of drug-likeness (QED) is 0.259. The molecule has 5 nitrogen and oxygen atoms in total. The number of rotatable bonds is 6. The highest BCUT2D eigenvalue weighted by Gasteiger charge is 2.48. The average molecular weight is 352 g/mol. The van der Waals surface area contributed by atoms with E-state index < -0.39 is 27.4 Å². The number of alkyl halides is 3. The van der Waals surface area contributed by atoms with Gasteiger partial charge in [-0.25, -0.2) is 4.79 Å². The van der Waals surface area contributed by atoms with E-state index in [1.54, 1.807) is 30.3 Å². The number of carbonyl (C=O) groups excluding carboxylic acids is 1. The fourth-order valence-corrected chi connectivity index (χ4v) is 2.14. The molecule has 0 N–H and O–H groups in total. The van der Waals surface area contributed by atoms with E-state index >= 15 is 0 Å². The summed E-state index contributed by atoms with van der Waals surface area (Å²) in [6, 6.07) is 8.31. The van der Waals surface area contributed by atoms with Crippen molar-refractivity contribution in [1.82, 2.24) is 0 Å². The summed E-state index contributed by atoms with van der Waals surface area (Å²) in [5, 5.41) is 0. The minimum atomic E-state index is -5.85. The van der Waals surface area contributed by atoms with Crippen molar-refractivity contribution in [2.24, 2.45) is 0 Å². The van der Waals surface area contributed by atoms with Crippen molar-refractivity contribution in [3.8, 4) is 0 Å². The van der Waals surface area contributed by atoms with Crippen LogP contribution in [0.5, 0.6) is 0 Å². The maximum Gasteiger partial charge on any atom is 0.534 e. The van der Waals surface area contributed by atoms with Crippen LogP contribution in [-0.4, -0.2) is 26.5 Å². The third-order valence-corrected chi connectivity index (χ3v) is 3.73. The van der Waals surface area contributed by atoms with Gasteiger partial charge in [0.25, 0.3) is 0 Å². The minimum Gasteiger partial charge on any atom is -0.463 e. The summed E-state index contributed by atoms with van der Waals surface area (Å²) in [5.41, 5.74) is -5.30. The fourth-order valence-electron chi connectivity index (χ4n) is 1.62. The molecule has 0 aliphatic heterocycles. The first-order valence-electron chi connectivity index (χ1n) is 6.50. The number of halogens is 3. The Kier molecular flexibility index (Phi) is 6.20. The molecule has 0 spiro atoms. The number of benzene rings is 1. The molecule has 0 bridgehead atoms. The van der Waals surface area contributed by atoms with E-state index in [1.165, 1.54) is 6.92 Å². The Morgan fingerprint density at radius 3 is 2.22 bits per heavy atom. The largest absolute Gasteiger partial charge is 0.534 e. The maximum absolute atomic E-state index is 12.4. The van der Waals surface area contributed by atoms with Gasteiger partial charge in [0.2, 0.25) is 0 Å². The third-order valence-electron chi connectivity index (χ3n) is 2.69. The molecule has 9 heteroatoms. The lowest BCUT2D eigenvalue weighted by Crippen LogP contribution is -2.26. The molecule has 0 saturated heterocycles. The molecule has 0 aliphatic carbocycles. The summed E-state index contributed by atoms with van der Waals surface area (Å²) in [6.45, 7) is 2.47. The molecule has 0 fully saturated rings. The third kappa shape index (κ3) is 5.27. The van der Waals surface area contributed by atoms with Gasteiger partial charge in [-0.2, -0.15) is 21.6 Å². The van der Waals surface area contributed by atoms with Crippen molar-refractivity contribution in [3.05, 3.63) is 47.2 Å². The summed E-state index contributed by atoms with van der Waals surface area (Å²) in [5.74, 6) is -1.61. The maximum atomic E-state index is 12.4. The lowest BCUT2D eigenvalue weighted by atomic mass is 10.0. The molecule has 1 aromatic carbocycles. The van der Waals surface area contributed by atoms with Crippen molar-refractivity contribution >= 4 is 16.1 Å². The lowest BCUT2D eigenvalue weighted by molar-refractivity contribution is -0.138. The lowest BCUT2D eigenvalue weighted by Gasteiger charge is -2.14. The van der Waals surface area contributed by atoms with Gasteiger partial charge in [-0.15, -0.1) is 0 Å². The molecule has 0 saturated carbocycles. The van der Waals surface area contributed by atoms with Crippen molar-refractivity contribution in [1.29, 1.82) is 0 Å². The van der Waals surface area contributed by atoms with Gasteiger partial charge in [0, 0.05) is 6.42 Å². The van der Waals surface area contributed by atoms with Crippen LogP contribution in [0.1, 0.15) is 19.4 Å². The topological polar surface area (TPSA) is 69.7 Å². The van der Waals surface area contributed by atoms with Gasteiger partial charge < -0.3 is 8.92 Å². The summed E-state index contributed by atoms with van der Waals surface area (Å²) >= 11 is 0. The van der Waals surface area contributed by atoms with E-state index in [4.69, 9.17) is 4.74 Å². The molecular weight excluding hydrogens is 337 g/mol. The highest BCUT2D eigenvalue weighted by Crippen LogP contribution is 2.28. The molecular formula is C14H15F3O5S. The summed E-state index contributed by atoms with van der Waals surface area (Å²) in [6.07, 6.45) is -0.126. The van der Waals surface area contributed by atoms with E-state index in [2.05, 4.69) is 4.18 Å². The van der Waals surface area contributed by atoms with Gasteiger partial charge in [0.05, 0.1) is 12.2 Å². The summed E-state index contributed by atoms with van der Waals surface area (Å²) in [7, 11) is -5.85. The highest BCUT2D eigenvalue weighted by molar-refractivity contribution is 7.87. The molecule has 128 valence electrons. The minimum absolute atomic E-state index is 0.0174. The number of esters is 1. The van der Waals surface area contributed by atoms with Crippen LogP contribution in [0.3, 0.4) is 0 Å². The SMILES string of the molecule is CCOC(=O)/C(Cc1ccccc1)=C(/C)OS(=O)(=O)C(F)(F)F. The Balaban J connectivity index is 3.18. The first-order valence-corrected chi connectivity index (χ1v) is 7.91. The normalized spacial score (nSPS) is 13.3. The zero-order valence-electron chi connectivity index (χ0n) is 12.4. The number of ether oxygens (including phenoxy) is 1. The van der Waals surface area contributed by atoms with E-state index in [0.29, 0.717) is 5.56 Å². The van der Waals surface area contributed by atoms with Crippen molar-refractivity contribution in [2.75, 3.05) is 6.61 Å². The van der Waals surface area contributed by atoms with Crippen LogP contribution < -0.4 is 0 Å². The Morgan fingerprint density at radius 1 is 1.17 bits per heavy atom. The van der Waals surface area contributed by atoms with Crippen molar-refractivity contribution in [3.63, 3.8) is 0 Å². The fraction of sp³-hybridized carbons (Fsp3) is 0.357. The Bertz CT molecular complexity index is 678. The van der Waals surface area contributed by atoms with Gasteiger partial charge in [0.1, 0.15) is 5.76 Å². The van der Waals surface area contributed by atoms with Crippen LogP contribution >= 0.6 is 0 Å². The van der Waals surface area contributed by atoms with Crippen molar-refractivity contribution < 1.29 is 35.3 Å². The van der Waals surface area contributed by atoms with Crippen LogP contribution in [0.4, 0.5) is 13.2 Å². The van der Waals surface area contributed by atoms with Gasteiger partial charge in [-0.1, -0.05) is 30.3 Å². The van der Waals surface area contributed by atoms with E-state index in [9.17, 15) is 26.4 Å². The van der Waals surface area contributed by atoms with E-state index in [0.717, 1.165) is 6.92 Å². The molecule has 0 atom stereocenters. The number of carbonyl (C=O) groups is 1. The zero-order chi connectivity index (χ0) is 17.7. The smallest absolute Gasteiger partial charge is 0.463 e. The number of hydrogen-bond donors (Lipinski definition) is 0. The summed E-state index contributed by atoms with van der Waals surface area (Å²) in [4.78, 5) is 11.9. The van der Waals surface area contributed by atoms with E-state index in [1.807, 2.05) is 0 Å². The molecule has 0 aromatic heterocycles. The predicted molar refractivity (Wildman–Crippen MR) is 75.5 cm³/mol. The van der Waals surface area contributed by atoms with Crippen LogP contribution in [0.15, 0.2) is 41.7 Å². The second-order valence-corrected chi connectivity index (χ2v) is 5.94. The molecule has 1 aromatic rings. The first kappa shape index (κ1) is 19.0. The molecule has 0 aliphatic rings. The Labute approximate surface area is 131 Å². The number of allylic oxidation sites excluding steroid dienone is 1. The number of hydrogen-bond acceptors (Lipinski definition) is 5. The molecule has 1 rings (SSSR count). The Hall–Kier alpha value is -2.03. The molecule has 0 unspecified atom stereocenters. The standard InChI is InChI=1S/C14H15F3O5S/c1-3-21-13(18)12(9-11-7-5-4-6-8-11)10(2)22-23(19,20)14(15,16)17/h4-8H,3,9H2,1-2H3/b12-10-. The average Bonchev–Trinajstić information content (AvgIpc) is 2.44. The van der Waals surface area contributed by atoms with Crippen LogP contribution in [0.25, 0.3) is 0 Å². The Morgan fingerprint density at radius 2 is 1.74 bits per heavy atom. The second-order valence-electron chi connectivity index (χ2n) is 4.40. The van der Waals surface area contributed by atoms with Crippen molar-refractivity contribution in [2.45, 2.75) is 25.8 Å². The summed E-state index contributed by atoms with van der Waals surface area (Å²) < 4.78 is 68.1. The molecule has 0 amide bonds. The van der Waals surface area contributed by atoms with Crippen LogP contribution in [-0.2, 0) is 30.3 Å². The second kappa shape index (κ2) is 7.49. The van der Waals surface area contributed by atoms with Gasteiger partial charge in [-0.05, 0) is 19.4 Å². The zero-order valence-corrected chi connectivity index (χ0v) is 13.2. The molecule has 23 heavy (non-hydrogen) atoms. The van der Waals surface area contributed by atoms with Gasteiger partial charge in [0.15, 0.2) is 0 Å². The van der Waals surface area contributed by atoms with Crippen LogP contribution in [0.2, 0.25) is 0 Å². The predicted octanol–water partition coefficient (Wildman–Crippen LogP) is 2.93. The van der Waals surface area contributed by atoms with Gasteiger partial charge in [-0.3, -0.25) is 0 Å². The van der Waals surface area contributed by atoms with E-state index in [-0.39, 0.29) is 18.6 Å². The molecule has 0 radical (unpaired) electrons. The first-order chi connectivity index (χ1) is 10.6. The monoisotopic (exact) mass is 352 g/mol. The highest BCUT2D eigenvalue weighted by atomic mass is 32.2. The van der Waals surface area contributed by atoms with Crippen LogP contribution in [0, 0.1) is 0 Å². The van der Waals surface area contributed by atoms with Gasteiger partial charge >= 0.3 is 21.6 Å².